The lowest BCUT2D eigenvalue weighted by molar-refractivity contribution is 0.679. The predicted molar refractivity (Wildman–Crippen MR) is 113 cm³/mol. The van der Waals surface area contributed by atoms with Gasteiger partial charge in [0.15, 0.2) is 5.65 Å². The number of imidazole rings is 1. The molecule has 0 fully saturated rings. The van der Waals surface area contributed by atoms with E-state index in [1.54, 1.807) is 0 Å². The molecule has 2 aromatic heterocycles. The van der Waals surface area contributed by atoms with Crippen LogP contribution in [0.2, 0.25) is 0 Å². The van der Waals surface area contributed by atoms with Crippen LogP contribution in [0.5, 0.6) is 0 Å². The lowest BCUT2D eigenvalue weighted by atomic mass is 9.89. The van der Waals surface area contributed by atoms with E-state index < -0.39 is 0 Å². The Bertz CT molecular complexity index is 1210. The number of hydrogen-bond donors (Lipinski definition) is 1. The van der Waals surface area contributed by atoms with Gasteiger partial charge in [0.05, 0.1) is 16.6 Å². The lowest BCUT2D eigenvalue weighted by Crippen LogP contribution is -2.17. The molecule has 28 heavy (non-hydrogen) atoms. The molecule has 138 valence electrons. The molecule has 1 aliphatic rings. The SMILES string of the molecule is C[C@H](Nc1c2c(c(C#N)c3nc4ccccc4n13)CCCC2)c1ccccc1. The van der Waals surface area contributed by atoms with E-state index in [1.165, 1.54) is 16.7 Å². The van der Waals surface area contributed by atoms with E-state index in [0.717, 1.165) is 53.7 Å². The molecule has 2 aromatic carbocycles. The van der Waals surface area contributed by atoms with Crippen molar-refractivity contribution in [1.29, 1.82) is 5.26 Å². The summed E-state index contributed by atoms with van der Waals surface area (Å²) in [6.45, 7) is 2.19. The summed E-state index contributed by atoms with van der Waals surface area (Å²) in [6, 6.07) is 21.2. The Hall–Kier alpha value is -3.32. The first-order chi connectivity index (χ1) is 13.8. The minimum atomic E-state index is 0.157. The van der Waals surface area contributed by atoms with Gasteiger partial charge in [-0.25, -0.2) is 4.98 Å². The summed E-state index contributed by atoms with van der Waals surface area (Å²) >= 11 is 0. The van der Waals surface area contributed by atoms with Crippen LogP contribution in [-0.2, 0) is 12.8 Å². The largest absolute Gasteiger partial charge is 0.364 e. The number of nitrogens with zero attached hydrogens (tertiary/aromatic N) is 3. The molecular formula is C24H22N4. The van der Waals surface area contributed by atoms with Crippen LogP contribution in [-0.4, -0.2) is 9.38 Å². The van der Waals surface area contributed by atoms with Crippen LogP contribution in [0.4, 0.5) is 5.82 Å². The molecule has 0 bridgehead atoms. The number of nitriles is 1. The first kappa shape index (κ1) is 16.8. The average Bonchev–Trinajstić information content (AvgIpc) is 3.13. The highest BCUT2D eigenvalue weighted by atomic mass is 15.1. The maximum absolute atomic E-state index is 9.94. The third kappa shape index (κ3) is 2.55. The van der Waals surface area contributed by atoms with Crippen LogP contribution in [0.15, 0.2) is 54.6 Å². The molecule has 1 atom stereocenters. The molecule has 1 N–H and O–H groups in total. The van der Waals surface area contributed by atoms with Crippen molar-refractivity contribution in [3.8, 4) is 6.07 Å². The van der Waals surface area contributed by atoms with Gasteiger partial charge in [0, 0.05) is 6.04 Å². The van der Waals surface area contributed by atoms with Gasteiger partial charge in [-0.15, -0.1) is 0 Å². The normalized spacial score (nSPS) is 14.6. The highest BCUT2D eigenvalue weighted by Crippen LogP contribution is 2.36. The molecule has 0 amide bonds. The molecule has 1 aliphatic carbocycles. The molecule has 0 radical (unpaired) electrons. The standard InChI is InChI=1S/C24H22N4/c1-16(17-9-3-2-4-10-17)26-23-19-12-6-5-11-18(19)20(15-25)24-27-21-13-7-8-14-22(21)28(23)24/h2-4,7-10,13-14,16,26H,5-6,11-12H2,1H3/t16-/m0/s1. The zero-order chi connectivity index (χ0) is 19.1. The number of anilines is 1. The van der Waals surface area contributed by atoms with Crippen molar-refractivity contribution in [1.82, 2.24) is 9.38 Å². The summed E-state index contributed by atoms with van der Waals surface area (Å²) in [4.78, 5) is 4.84. The van der Waals surface area contributed by atoms with E-state index in [2.05, 4.69) is 53.0 Å². The van der Waals surface area contributed by atoms with Crippen molar-refractivity contribution in [2.24, 2.45) is 0 Å². The van der Waals surface area contributed by atoms with Crippen molar-refractivity contribution in [2.75, 3.05) is 5.32 Å². The Balaban J connectivity index is 1.80. The van der Waals surface area contributed by atoms with Gasteiger partial charge in [-0.1, -0.05) is 42.5 Å². The highest BCUT2D eigenvalue weighted by Gasteiger charge is 2.25. The van der Waals surface area contributed by atoms with Crippen molar-refractivity contribution in [2.45, 2.75) is 38.6 Å². The predicted octanol–water partition coefficient (Wildman–Crippen LogP) is 5.41. The Morgan fingerprint density at radius 1 is 1.00 bits per heavy atom. The van der Waals surface area contributed by atoms with Gasteiger partial charge in [0.25, 0.3) is 0 Å². The Labute approximate surface area is 164 Å². The van der Waals surface area contributed by atoms with Gasteiger partial charge in [0.2, 0.25) is 0 Å². The van der Waals surface area contributed by atoms with Crippen molar-refractivity contribution < 1.29 is 0 Å². The number of pyridine rings is 1. The number of para-hydroxylation sites is 2. The summed E-state index contributed by atoms with van der Waals surface area (Å²) in [6.07, 6.45) is 4.23. The summed E-state index contributed by atoms with van der Waals surface area (Å²) < 4.78 is 2.16. The average molecular weight is 366 g/mol. The van der Waals surface area contributed by atoms with Crippen LogP contribution in [0, 0.1) is 11.3 Å². The van der Waals surface area contributed by atoms with Crippen molar-refractivity contribution >= 4 is 22.5 Å². The number of nitrogens with one attached hydrogen (secondary N) is 1. The molecule has 4 heteroatoms. The van der Waals surface area contributed by atoms with E-state index in [1.807, 2.05) is 24.3 Å². The zero-order valence-corrected chi connectivity index (χ0v) is 15.9. The summed E-state index contributed by atoms with van der Waals surface area (Å²) in [5.74, 6) is 1.09. The maximum atomic E-state index is 9.94. The van der Waals surface area contributed by atoms with Gasteiger partial charge in [0.1, 0.15) is 11.9 Å². The summed E-state index contributed by atoms with van der Waals surface area (Å²) in [5.41, 5.74) is 7.19. The molecular weight excluding hydrogens is 344 g/mol. The molecule has 2 heterocycles. The smallest absolute Gasteiger partial charge is 0.157 e. The number of benzene rings is 2. The quantitative estimate of drug-likeness (QED) is 0.527. The van der Waals surface area contributed by atoms with E-state index >= 15 is 0 Å². The highest BCUT2D eigenvalue weighted by molar-refractivity contribution is 5.86. The molecule has 5 rings (SSSR count). The van der Waals surface area contributed by atoms with Crippen LogP contribution < -0.4 is 5.32 Å². The van der Waals surface area contributed by atoms with Crippen LogP contribution >= 0.6 is 0 Å². The molecule has 4 aromatic rings. The Morgan fingerprint density at radius 2 is 1.71 bits per heavy atom. The van der Waals surface area contributed by atoms with Crippen LogP contribution in [0.1, 0.15) is 48.1 Å². The second-order valence-corrected chi connectivity index (χ2v) is 7.54. The second kappa shape index (κ2) is 6.69. The van der Waals surface area contributed by atoms with Gasteiger partial charge in [-0.3, -0.25) is 4.40 Å². The van der Waals surface area contributed by atoms with E-state index in [-0.39, 0.29) is 6.04 Å². The molecule has 0 saturated heterocycles. The molecule has 0 spiro atoms. The first-order valence-corrected chi connectivity index (χ1v) is 9.94. The van der Waals surface area contributed by atoms with Gasteiger partial charge >= 0.3 is 0 Å². The molecule has 0 saturated carbocycles. The Kier molecular flexibility index (Phi) is 4.02. The van der Waals surface area contributed by atoms with Crippen LogP contribution in [0.25, 0.3) is 16.7 Å². The minimum absolute atomic E-state index is 0.157. The molecule has 0 unspecified atom stereocenters. The fourth-order valence-corrected chi connectivity index (χ4v) is 4.43. The third-order valence-corrected chi connectivity index (χ3v) is 5.83. The minimum Gasteiger partial charge on any atom is -0.364 e. The van der Waals surface area contributed by atoms with Crippen molar-refractivity contribution in [3.05, 3.63) is 76.9 Å². The van der Waals surface area contributed by atoms with Gasteiger partial charge < -0.3 is 5.32 Å². The van der Waals surface area contributed by atoms with Crippen LogP contribution in [0.3, 0.4) is 0 Å². The van der Waals surface area contributed by atoms with Crippen molar-refractivity contribution in [3.63, 3.8) is 0 Å². The third-order valence-electron chi connectivity index (χ3n) is 5.83. The summed E-state index contributed by atoms with van der Waals surface area (Å²) in [7, 11) is 0. The van der Waals surface area contributed by atoms with Gasteiger partial charge in [-0.2, -0.15) is 5.26 Å². The number of fused-ring (bicyclic) bond motifs is 4. The monoisotopic (exact) mass is 366 g/mol. The zero-order valence-electron chi connectivity index (χ0n) is 15.9. The Morgan fingerprint density at radius 3 is 2.50 bits per heavy atom. The van der Waals surface area contributed by atoms with E-state index in [0.29, 0.717) is 0 Å². The van der Waals surface area contributed by atoms with Gasteiger partial charge in [-0.05, 0) is 61.4 Å². The topological polar surface area (TPSA) is 53.1 Å². The fourth-order valence-electron chi connectivity index (χ4n) is 4.43. The summed E-state index contributed by atoms with van der Waals surface area (Å²) in [5, 5.41) is 13.7. The molecule has 0 aliphatic heterocycles. The van der Waals surface area contributed by atoms with E-state index in [4.69, 9.17) is 4.98 Å². The first-order valence-electron chi connectivity index (χ1n) is 9.94. The second-order valence-electron chi connectivity index (χ2n) is 7.54. The number of rotatable bonds is 3. The van der Waals surface area contributed by atoms with E-state index in [9.17, 15) is 5.26 Å². The lowest BCUT2D eigenvalue weighted by Gasteiger charge is -2.26. The number of aromatic nitrogens is 2. The maximum Gasteiger partial charge on any atom is 0.157 e. The molecule has 4 nitrogen and oxygen atoms in total. The number of hydrogen-bond acceptors (Lipinski definition) is 3. The fraction of sp³-hybridized carbons (Fsp3) is 0.250.